The number of rotatable bonds is 4. The van der Waals surface area contributed by atoms with Gasteiger partial charge in [-0.15, -0.1) is 0 Å². The summed E-state index contributed by atoms with van der Waals surface area (Å²) < 4.78 is 0. The van der Waals surface area contributed by atoms with E-state index in [1.54, 1.807) is 0 Å². The highest BCUT2D eigenvalue weighted by Gasteiger charge is 2.53. The smallest absolute Gasteiger partial charge is 0.160 e. The Morgan fingerprint density at radius 1 is 0.317 bits per heavy atom. The van der Waals surface area contributed by atoms with Gasteiger partial charge in [0.15, 0.2) is 5.82 Å². The maximum absolute atomic E-state index is 5.30. The second-order valence-corrected chi connectivity index (χ2v) is 16.9. The summed E-state index contributed by atoms with van der Waals surface area (Å²) in [5.41, 5.74) is 17.4. The Balaban J connectivity index is 1.01. The van der Waals surface area contributed by atoms with E-state index in [2.05, 4.69) is 214 Å². The molecule has 2 aliphatic carbocycles. The van der Waals surface area contributed by atoms with Crippen molar-refractivity contribution in [2.24, 2.45) is 0 Å². The van der Waals surface area contributed by atoms with Gasteiger partial charge in [0.05, 0.1) is 16.8 Å². The summed E-state index contributed by atoms with van der Waals surface area (Å²) in [7, 11) is 0. The Kier molecular flexibility index (Phi) is 7.52. The molecule has 2 aliphatic rings. The number of hydrogen-bond acceptors (Lipinski definition) is 2. The van der Waals surface area contributed by atoms with E-state index in [1.807, 2.05) is 6.07 Å². The van der Waals surface area contributed by atoms with Gasteiger partial charge in [0.25, 0.3) is 0 Å². The highest BCUT2D eigenvalue weighted by atomic mass is 14.9. The molecule has 0 saturated heterocycles. The average Bonchev–Trinajstić information content (AvgIpc) is 3.61. The van der Waals surface area contributed by atoms with Crippen LogP contribution in [0, 0.1) is 0 Å². The second kappa shape index (κ2) is 13.0. The molecule has 2 heteroatoms. The Morgan fingerprint density at radius 3 is 1.65 bits per heavy atom. The lowest BCUT2D eigenvalue weighted by atomic mass is 9.55. The number of hydrogen-bond donors (Lipinski definition) is 0. The number of nitrogens with zero attached hydrogens (tertiary/aromatic N) is 2. The van der Waals surface area contributed by atoms with Crippen LogP contribution in [0.15, 0.2) is 206 Å². The minimum Gasteiger partial charge on any atom is -0.228 e. The summed E-state index contributed by atoms with van der Waals surface area (Å²) in [5, 5.41) is 4.89. The molecule has 0 bridgehead atoms. The SMILES string of the molecule is CC1(C)c2ccccc2C2(c3ccccc3-c3ccccc32)c2ccc(-c3cccc(-c4cc(-c5ccccc5)nc(-c5ccc6c(ccc7ccccc76)c5)n4)c3)cc21. The first-order chi connectivity index (χ1) is 29.5. The fraction of sp³-hybridized carbons (Fsp3) is 0.0690. The van der Waals surface area contributed by atoms with Crippen molar-refractivity contribution in [1.29, 1.82) is 0 Å². The van der Waals surface area contributed by atoms with Crippen LogP contribution in [0.1, 0.15) is 47.2 Å². The van der Waals surface area contributed by atoms with Gasteiger partial charge < -0.3 is 0 Å². The first-order valence-corrected chi connectivity index (χ1v) is 20.9. The molecule has 282 valence electrons. The lowest BCUT2D eigenvalue weighted by Gasteiger charge is -2.46. The van der Waals surface area contributed by atoms with E-state index in [4.69, 9.17) is 9.97 Å². The molecule has 60 heavy (non-hydrogen) atoms. The van der Waals surface area contributed by atoms with Crippen LogP contribution in [0.25, 0.3) is 77.7 Å². The zero-order valence-electron chi connectivity index (χ0n) is 33.5. The van der Waals surface area contributed by atoms with E-state index in [0.717, 1.165) is 33.6 Å². The predicted molar refractivity (Wildman–Crippen MR) is 248 cm³/mol. The molecule has 0 radical (unpaired) electrons. The maximum atomic E-state index is 5.30. The molecule has 0 N–H and O–H groups in total. The fourth-order valence-corrected chi connectivity index (χ4v) is 10.5. The Hall–Kier alpha value is -7.42. The largest absolute Gasteiger partial charge is 0.228 e. The van der Waals surface area contributed by atoms with E-state index in [1.165, 1.54) is 71.6 Å². The van der Waals surface area contributed by atoms with E-state index in [9.17, 15) is 0 Å². The van der Waals surface area contributed by atoms with E-state index in [0.29, 0.717) is 5.82 Å². The van der Waals surface area contributed by atoms with E-state index in [-0.39, 0.29) is 5.41 Å². The quantitative estimate of drug-likeness (QED) is 0.167. The molecule has 1 spiro atoms. The van der Waals surface area contributed by atoms with Crippen molar-refractivity contribution in [1.82, 2.24) is 9.97 Å². The summed E-state index contributed by atoms with van der Waals surface area (Å²) in [6.07, 6.45) is 0. The van der Waals surface area contributed by atoms with Gasteiger partial charge in [-0.2, -0.15) is 0 Å². The maximum Gasteiger partial charge on any atom is 0.160 e. The normalized spacial score (nSPS) is 14.1. The summed E-state index contributed by atoms with van der Waals surface area (Å²) in [5.74, 6) is 0.712. The third-order valence-electron chi connectivity index (χ3n) is 13.3. The molecule has 0 amide bonds. The summed E-state index contributed by atoms with van der Waals surface area (Å²) in [6, 6.07) is 75.5. The van der Waals surface area contributed by atoms with E-state index < -0.39 is 5.41 Å². The third kappa shape index (κ3) is 5.01. The average molecular weight is 765 g/mol. The molecular formula is C58H40N2. The van der Waals surface area contributed by atoms with Gasteiger partial charge >= 0.3 is 0 Å². The summed E-state index contributed by atoms with van der Waals surface area (Å²) in [6.45, 7) is 4.79. The lowest BCUT2D eigenvalue weighted by molar-refractivity contribution is 0.563. The highest BCUT2D eigenvalue weighted by molar-refractivity contribution is 6.08. The fourth-order valence-electron chi connectivity index (χ4n) is 10.5. The van der Waals surface area contributed by atoms with Crippen LogP contribution in [0.4, 0.5) is 0 Å². The minimum absolute atomic E-state index is 0.227. The highest BCUT2D eigenvalue weighted by Crippen LogP contribution is 2.62. The van der Waals surface area contributed by atoms with Gasteiger partial charge in [-0.1, -0.05) is 196 Å². The molecule has 0 atom stereocenters. The monoisotopic (exact) mass is 764 g/mol. The molecule has 0 unspecified atom stereocenters. The van der Waals surface area contributed by atoms with Crippen LogP contribution in [-0.4, -0.2) is 9.97 Å². The van der Waals surface area contributed by atoms with Crippen LogP contribution in [0.3, 0.4) is 0 Å². The van der Waals surface area contributed by atoms with Crippen LogP contribution < -0.4 is 0 Å². The van der Waals surface area contributed by atoms with Crippen molar-refractivity contribution < 1.29 is 0 Å². The standard InChI is InChI=1S/C58H40N2/c1-57(2)50-25-12-13-26-51(50)58(48-23-10-8-21-46(48)47-22-9-11-24-49(47)58)52-32-30-40(35-53(52)57)39-18-14-19-42(33-39)55-36-54(38-16-4-3-5-17-38)59-56(60-55)43-29-31-45-41(34-43)28-27-37-15-6-7-20-44(37)45/h3-36H,1-2H3. The molecule has 2 nitrogen and oxygen atoms in total. The van der Waals surface area contributed by atoms with Crippen molar-refractivity contribution >= 4 is 21.5 Å². The van der Waals surface area contributed by atoms with Crippen molar-refractivity contribution in [3.05, 3.63) is 240 Å². The topological polar surface area (TPSA) is 25.8 Å². The molecule has 12 rings (SSSR count). The van der Waals surface area contributed by atoms with Gasteiger partial charge in [0, 0.05) is 22.1 Å². The van der Waals surface area contributed by atoms with Crippen molar-refractivity contribution in [2.75, 3.05) is 0 Å². The molecule has 0 saturated carbocycles. The van der Waals surface area contributed by atoms with Gasteiger partial charge in [-0.3, -0.25) is 0 Å². The second-order valence-electron chi connectivity index (χ2n) is 16.9. The number of fused-ring (bicyclic) bond motifs is 12. The Bertz CT molecular complexity index is 3310. The Labute approximate surface area is 350 Å². The zero-order valence-corrected chi connectivity index (χ0v) is 33.5. The minimum atomic E-state index is -0.407. The number of aromatic nitrogens is 2. The van der Waals surface area contributed by atoms with Crippen molar-refractivity contribution in [3.63, 3.8) is 0 Å². The molecule has 9 aromatic carbocycles. The Morgan fingerprint density at radius 2 is 0.867 bits per heavy atom. The summed E-state index contributed by atoms with van der Waals surface area (Å²) >= 11 is 0. The number of benzene rings is 9. The first kappa shape index (κ1) is 34.6. The molecule has 0 fully saturated rings. The molecule has 1 heterocycles. The van der Waals surface area contributed by atoms with Crippen LogP contribution in [-0.2, 0) is 10.8 Å². The molecule has 10 aromatic rings. The molecule has 1 aromatic heterocycles. The van der Waals surface area contributed by atoms with Crippen LogP contribution in [0.2, 0.25) is 0 Å². The van der Waals surface area contributed by atoms with Gasteiger partial charge in [-0.25, -0.2) is 9.97 Å². The van der Waals surface area contributed by atoms with Crippen molar-refractivity contribution in [2.45, 2.75) is 24.7 Å². The van der Waals surface area contributed by atoms with Gasteiger partial charge in [0.2, 0.25) is 0 Å². The van der Waals surface area contributed by atoms with E-state index >= 15 is 0 Å². The zero-order chi connectivity index (χ0) is 40.0. The van der Waals surface area contributed by atoms with Crippen LogP contribution in [0.5, 0.6) is 0 Å². The third-order valence-corrected chi connectivity index (χ3v) is 13.3. The molecule has 0 aliphatic heterocycles. The van der Waals surface area contributed by atoms with Crippen molar-refractivity contribution in [3.8, 4) is 56.2 Å². The first-order valence-electron chi connectivity index (χ1n) is 20.9. The van der Waals surface area contributed by atoms with Crippen LogP contribution >= 0.6 is 0 Å². The predicted octanol–water partition coefficient (Wildman–Crippen LogP) is 14.5. The summed E-state index contributed by atoms with van der Waals surface area (Å²) in [4.78, 5) is 10.5. The lowest BCUT2D eigenvalue weighted by Crippen LogP contribution is -2.40. The van der Waals surface area contributed by atoms with Gasteiger partial charge in [-0.05, 0) is 101 Å². The van der Waals surface area contributed by atoms with Gasteiger partial charge in [0.1, 0.15) is 0 Å². The molecular weight excluding hydrogens is 725 g/mol.